The Morgan fingerprint density at radius 3 is 1.71 bits per heavy atom. The van der Waals surface area contributed by atoms with Crippen molar-refractivity contribution in [1.82, 2.24) is 0 Å². The van der Waals surface area contributed by atoms with E-state index in [4.69, 9.17) is 0 Å². The Morgan fingerprint density at radius 1 is 1.14 bits per heavy atom. The molecule has 0 aromatic rings. The van der Waals surface area contributed by atoms with Crippen LogP contribution in [0.25, 0.3) is 0 Å². The molecule has 0 saturated carbocycles. The lowest BCUT2D eigenvalue weighted by atomic mass is 10.4. The molecule has 0 bridgehead atoms. The summed E-state index contributed by atoms with van der Waals surface area (Å²) in [7, 11) is 0. The van der Waals surface area contributed by atoms with Crippen LogP contribution in [-0.4, -0.2) is 15.6 Å². The van der Waals surface area contributed by atoms with Gasteiger partial charge in [-0.05, 0) is 0 Å². The van der Waals surface area contributed by atoms with Gasteiger partial charge in [-0.2, -0.15) is 0 Å². The van der Waals surface area contributed by atoms with E-state index in [0.717, 1.165) is 10.5 Å². The summed E-state index contributed by atoms with van der Waals surface area (Å²) in [5.74, 6) is 0. The smallest absolute Gasteiger partial charge is 0.0398 e. The molecule has 1 aliphatic heterocycles. The molecule has 2 atom stereocenters. The maximum Gasteiger partial charge on any atom is 0.0398 e. The summed E-state index contributed by atoms with van der Waals surface area (Å²) in [4.78, 5) is 0. The van der Waals surface area contributed by atoms with Crippen molar-refractivity contribution in [3.8, 4) is 0 Å². The van der Waals surface area contributed by atoms with Crippen LogP contribution in [0.5, 0.6) is 0 Å². The molecule has 0 aliphatic carbocycles. The zero-order chi connectivity index (χ0) is 5.28. The van der Waals surface area contributed by atoms with Crippen molar-refractivity contribution in [3.63, 3.8) is 0 Å². The third-order valence-corrected chi connectivity index (χ3v) is 4.45. The van der Waals surface area contributed by atoms with Gasteiger partial charge in [-0.15, -0.1) is 23.5 Å². The molecule has 1 rings (SSSR count). The van der Waals surface area contributed by atoms with Gasteiger partial charge in [-0.1, -0.05) is 13.8 Å². The molecule has 0 aromatic heterocycles. The molecule has 1 heterocycles. The second kappa shape index (κ2) is 2.31. The topological polar surface area (TPSA) is 0 Å². The Labute approximate surface area is 53.4 Å². The van der Waals surface area contributed by atoms with Crippen LogP contribution in [0.15, 0.2) is 0 Å². The summed E-state index contributed by atoms with van der Waals surface area (Å²) in [6.45, 7) is 4.60. The van der Waals surface area contributed by atoms with E-state index in [-0.39, 0.29) is 0 Å². The highest BCUT2D eigenvalue weighted by molar-refractivity contribution is 8.19. The van der Waals surface area contributed by atoms with Crippen molar-refractivity contribution < 1.29 is 0 Å². The lowest BCUT2D eigenvalue weighted by Crippen LogP contribution is -2.04. The predicted molar refractivity (Wildman–Crippen MR) is 39.0 cm³/mol. The van der Waals surface area contributed by atoms with Crippen molar-refractivity contribution in [2.24, 2.45) is 0 Å². The molecule has 1 fully saturated rings. The van der Waals surface area contributed by atoms with Crippen LogP contribution in [-0.2, 0) is 0 Å². The molecule has 42 valence electrons. The SMILES string of the molecule is C[C@@H]1SCS[C@H]1C. The fourth-order valence-corrected chi connectivity index (χ4v) is 3.57. The van der Waals surface area contributed by atoms with Gasteiger partial charge < -0.3 is 0 Å². The molecule has 0 amide bonds. The standard InChI is InChI=1S/C5H10S2/c1-4-5(2)7-3-6-4/h4-5H,3H2,1-2H3/t4-,5-/m0/s1. The van der Waals surface area contributed by atoms with Gasteiger partial charge in [0, 0.05) is 15.6 Å². The third-order valence-electron chi connectivity index (χ3n) is 1.32. The zero-order valence-corrected chi connectivity index (χ0v) is 6.31. The second-order valence-electron chi connectivity index (χ2n) is 1.86. The third kappa shape index (κ3) is 1.29. The van der Waals surface area contributed by atoms with Gasteiger partial charge in [0.15, 0.2) is 0 Å². The first-order valence-corrected chi connectivity index (χ1v) is 4.63. The van der Waals surface area contributed by atoms with Crippen molar-refractivity contribution in [3.05, 3.63) is 0 Å². The normalized spacial score (nSPS) is 42.0. The average Bonchev–Trinajstić information content (AvgIpc) is 1.91. The number of thioether (sulfide) groups is 2. The summed E-state index contributed by atoms with van der Waals surface area (Å²) in [5, 5.41) is 3.09. The Kier molecular flexibility index (Phi) is 1.93. The average molecular weight is 134 g/mol. The van der Waals surface area contributed by atoms with Crippen LogP contribution in [0.1, 0.15) is 13.8 Å². The van der Waals surface area contributed by atoms with Gasteiger partial charge >= 0.3 is 0 Å². The molecule has 7 heavy (non-hydrogen) atoms. The van der Waals surface area contributed by atoms with Crippen LogP contribution in [0.4, 0.5) is 0 Å². The maximum atomic E-state index is 2.30. The van der Waals surface area contributed by atoms with E-state index in [1.54, 1.807) is 0 Å². The minimum atomic E-state index is 0.894. The van der Waals surface area contributed by atoms with Gasteiger partial charge in [0.2, 0.25) is 0 Å². The van der Waals surface area contributed by atoms with Gasteiger partial charge in [0.1, 0.15) is 0 Å². The van der Waals surface area contributed by atoms with Crippen LogP contribution in [0, 0.1) is 0 Å². The van der Waals surface area contributed by atoms with E-state index in [9.17, 15) is 0 Å². The van der Waals surface area contributed by atoms with Crippen LogP contribution < -0.4 is 0 Å². The van der Waals surface area contributed by atoms with E-state index >= 15 is 0 Å². The Bertz CT molecular complexity index is 55.1. The lowest BCUT2D eigenvalue weighted by molar-refractivity contribution is 0.941. The molecule has 0 unspecified atom stereocenters. The van der Waals surface area contributed by atoms with E-state index in [0.29, 0.717) is 0 Å². The summed E-state index contributed by atoms with van der Waals surface area (Å²) < 4.78 is 0. The Balaban J connectivity index is 2.33. The molecular formula is C5H10S2. The van der Waals surface area contributed by atoms with Crippen LogP contribution >= 0.6 is 23.5 Å². The maximum absolute atomic E-state index is 2.30. The van der Waals surface area contributed by atoms with Gasteiger partial charge in [0.25, 0.3) is 0 Å². The molecule has 0 aromatic carbocycles. The summed E-state index contributed by atoms with van der Waals surface area (Å²) >= 11 is 4.14. The predicted octanol–water partition coefficient (Wildman–Crippen LogP) is 2.20. The minimum Gasteiger partial charge on any atom is -0.147 e. The molecular weight excluding hydrogens is 124 g/mol. The molecule has 1 aliphatic rings. The molecule has 0 radical (unpaired) electrons. The molecule has 1 saturated heterocycles. The minimum absolute atomic E-state index is 0.894. The number of hydrogen-bond donors (Lipinski definition) is 0. The first-order valence-electron chi connectivity index (χ1n) is 2.54. The fourth-order valence-electron chi connectivity index (χ4n) is 0.525. The highest BCUT2D eigenvalue weighted by Gasteiger charge is 2.18. The Hall–Kier alpha value is 0.700. The van der Waals surface area contributed by atoms with Gasteiger partial charge in [0.05, 0.1) is 0 Å². The fraction of sp³-hybridized carbons (Fsp3) is 1.00. The van der Waals surface area contributed by atoms with Gasteiger partial charge in [-0.3, -0.25) is 0 Å². The van der Waals surface area contributed by atoms with Crippen molar-refractivity contribution in [2.45, 2.75) is 24.3 Å². The largest absolute Gasteiger partial charge is 0.147 e. The molecule has 0 spiro atoms. The van der Waals surface area contributed by atoms with E-state index in [2.05, 4.69) is 37.4 Å². The molecule has 0 N–H and O–H groups in total. The lowest BCUT2D eigenvalue weighted by Gasteiger charge is -2.02. The summed E-state index contributed by atoms with van der Waals surface area (Å²) in [5.41, 5.74) is 0. The van der Waals surface area contributed by atoms with Crippen LogP contribution in [0.3, 0.4) is 0 Å². The Morgan fingerprint density at radius 2 is 1.57 bits per heavy atom. The van der Waals surface area contributed by atoms with Crippen molar-refractivity contribution >= 4 is 23.5 Å². The number of rotatable bonds is 0. The molecule has 0 nitrogen and oxygen atoms in total. The monoisotopic (exact) mass is 134 g/mol. The van der Waals surface area contributed by atoms with E-state index in [1.165, 1.54) is 5.08 Å². The van der Waals surface area contributed by atoms with Crippen LogP contribution in [0.2, 0.25) is 0 Å². The van der Waals surface area contributed by atoms with Gasteiger partial charge in [-0.25, -0.2) is 0 Å². The zero-order valence-electron chi connectivity index (χ0n) is 4.68. The van der Waals surface area contributed by atoms with E-state index < -0.39 is 0 Å². The van der Waals surface area contributed by atoms with Crippen molar-refractivity contribution in [1.29, 1.82) is 0 Å². The highest BCUT2D eigenvalue weighted by Crippen LogP contribution is 2.35. The quantitative estimate of drug-likeness (QED) is 0.498. The second-order valence-corrected chi connectivity index (χ2v) is 4.96. The first kappa shape index (κ1) is 5.83. The molecule has 2 heteroatoms. The van der Waals surface area contributed by atoms with E-state index in [1.807, 2.05) is 0 Å². The highest BCUT2D eigenvalue weighted by atomic mass is 32.2. The van der Waals surface area contributed by atoms with Crippen molar-refractivity contribution in [2.75, 3.05) is 5.08 Å². The number of hydrogen-bond acceptors (Lipinski definition) is 2. The summed E-state index contributed by atoms with van der Waals surface area (Å²) in [6.07, 6.45) is 0. The summed E-state index contributed by atoms with van der Waals surface area (Å²) in [6, 6.07) is 0. The first-order chi connectivity index (χ1) is 3.30.